The van der Waals surface area contributed by atoms with Crippen LogP contribution in [0.1, 0.15) is 12.0 Å². The Balaban J connectivity index is 1.58. The first-order valence-corrected chi connectivity index (χ1v) is 10.7. The highest BCUT2D eigenvalue weighted by atomic mass is 35.5. The van der Waals surface area contributed by atoms with E-state index in [0.717, 1.165) is 0 Å². The highest BCUT2D eigenvalue weighted by Crippen LogP contribution is 2.20. The molecule has 0 spiro atoms. The van der Waals surface area contributed by atoms with Gasteiger partial charge in [0.2, 0.25) is 0 Å². The molecule has 0 fully saturated rings. The molecule has 12 heteroatoms. The predicted molar refractivity (Wildman–Crippen MR) is 122 cm³/mol. The minimum Gasteiger partial charge on any atom is -0.447 e. The molecular formula is C22H24ClFN4O6. The van der Waals surface area contributed by atoms with Crippen molar-refractivity contribution in [1.82, 2.24) is 15.2 Å². The van der Waals surface area contributed by atoms with Crippen molar-refractivity contribution in [3.05, 3.63) is 58.9 Å². The number of para-hydroxylation sites is 2. The number of ether oxygens (including phenoxy) is 1. The molecule has 2 aromatic carbocycles. The third-order valence-corrected chi connectivity index (χ3v) is 5.42. The number of fused-ring (bicyclic) bond motifs is 1. The average Bonchev–Trinajstić information content (AvgIpc) is 3.23. The zero-order chi connectivity index (χ0) is 24.7. The number of rotatable bonds is 9. The number of aliphatic hydroxyl groups is 2. The number of aliphatic hydroxyl groups excluding tert-OH is 2. The van der Waals surface area contributed by atoms with Crippen molar-refractivity contribution >= 4 is 40.8 Å². The molecular weight excluding hydrogens is 471 g/mol. The lowest BCUT2D eigenvalue weighted by atomic mass is 10.1. The number of hydrogen-bond acceptors (Lipinski definition) is 7. The summed E-state index contributed by atoms with van der Waals surface area (Å²) in [7, 11) is 1.43. The molecule has 10 nitrogen and oxygen atoms in total. The Labute approximate surface area is 199 Å². The molecule has 182 valence electrons. The normalized spacial score (nSPS) is 12.7. The van der Waals surface area contributed by atoms with Crippen LogP contribution in [-0.2, 0) is 11.3 Å². The number of nitrogens with zero attached hydrogens (tertiary/aromatic N) is 2. The Morgan fingerprint density at radius 3 is 2.76 bits per heavy atom. The van der Waals surface area contributed by atoms with Crippen LogP contribution < -0.4 is 10.6 Å². The van der Waals surface area contributed by atoms with E-state index in [2.05, 4.69) is 15.6 Å². The van der Waals surface area contributed by atoms with Crippen LogP contribution in [-0.4, -0.2) is 64.6 Å². The highest BCUT2D eigenvalue weighted by molar-refractivity contribution is 6.31. The molecule has 3 amide bonds. The van der Waals surface area contributed by atoms with Crippen LogP contribution in [0.5, 0.6) is 0 Å². The standard InChI is InChI=1S/C22H24ClFN4O6/c1-28(21(31)25-10-13-5-4-6-16(24)19(13)23)14(9-15(30)11-29)12-33-22(32)27-20-26-17-7-2-3-8-18(17)34-20/h2-8,14-15,29-30H,9-12H2,1H3,(H,25,31)(H,26,27,32)/t14-,15+/m0/s1. The molecule has 0 unspecified atom stereocenters. The van der Waals surface area contributed by atoms with E-state index in [9.17, 15) is 24.2 Å². The number of halogens is 2. The summed E-state index contributed by atoms with van der Waals surface area (Å²) in [6.45, 7) is -0.887. The maximum absolute atomic E-state index is 13.6. The van der Waals surface area contributed by atoms with Crippen molar-refractivity contribution in [2.75, 3.05) is 25.6 Å². The van der Waals surface area contributed by atoms with Crippen molar-refractivity contribution in [2.24, 2.45) is 0 Å². The summed E-state index contributed by atoms with van der Waals surface area (Å²) in [5.41, 5.74) is 1.41. The van der Waals surface area contributed by atoms with Crippen molar-refractivity contribution in [2.45, 2.75) is 25.1 Å². The zero-order valence-corrected chi connectivity index (χ0v) is 19.0. The third-order valence-electron chi connectivity index (χ3n) is 4.99. The fourth-order valence-electron chi connectivity index (χ4n) is 3.09. The van der Waals surface area contributed by atoms with Crippen LogP contribution in [0.4, 0.5) is 20.0 Å². The smallest absolute Gasteiger partial charge is 0.415 e. The fourth-order valence-corrected chi connectivity index (χ4v) is 3.29. The number of oxazole rings is 1. The molecule has 0 saturated heterocycles. The topological polar surface area (TPSA) is 137 Å². The molecule has 0 saturated carbocycles. The quantitative estimate of drug-likeness (QED) is 0.358. The van der Waals surface area contributed by atoms with Gasteiger partial charge in [0.1, 0.15) is 17.9 Å². The summed E-state index contributed by atoms with van der Waals surface area (Å²) in [4.78, 5) is 30.1. The molecule has 3 rings (SSSR count). The number of nitrogens with one attached hydrogen (secondary N) is 2. The van der Waals surface area contributed by atoms with Crippen LogP contribution in [0.25, 0.3) is 11.1 Å². The van der Waals surface area contributed by atoms with Gasteiger partial charge < -0.3 is 29.6 Å². The summed E-state index contributed by atoms with van der Waals surface area (Å²) >= 11 is 5.91. The predicted octanol–water partition coefficient (Wildman–Crippen LogP) is 3.12. The summed E-state index contributed by atoms with van der Waals surface area (Å²) in [6.07, 6.45) is -2.10. The molecule has 4 N–H and O–H groups in total. The monoisotopic (exact) mass is 494 g/mol. The van der Waals surface area contributed by atoms with Gasteiger partial charge in [0.05, 0.1) is 23.8 Å². The fraction of sp³-hybridized carbons (Fsp3) is 0.318. The number of anilines is 1. The Bertz CT molecular complexity index is 1110. The van der Waals surface area contributed by atoms with Crippen molar-refractivity contribution < 1.29 is 33.3 Å². The van der Waals surface area contributed by atoms with Gasteiger partial charge in [-0.3, -0.25) is 0 Å². The van der Waals surface area contributed by atoms with Gasteiger partial charge >= 0.3 is 18.1 Å². The second kappa shape index (κ2) is 11.6. The summed E-state index contributed by atoms with van der Waals surface area (Å²) in [5, 5.41) is 23.9. The number of likely N-dealkylation sites (N-methyl/N-ethyl adjacent to an activating group) is 1. The minimum atomic E-state index is -1.15. The van der Waals surface area contributed by atoms with E-state index >= 15 is 0 Å². The van der Waals surface area contributed by atoms with Crippen molar-refractivity contribution in [3.63, 3.8) is 0 Å². The lowest BCUT2D eigenvalue weighted by Crippen LogP contribution is -2.47. The maximum atomic E-state index is 13.6. The molecule has 34 heavy (non-hydrogen) atoms. The van der Waals surface area contributed by atoms with Gasteiger partial charge in [-0.25, -0.2) is 19.3 Å². The number of carbonyl (C=O) groups is 2. The van der Waals surface area contributed by atoms with E-state index in [0.29, 0.717) is 16.7 Å². The highest BCUT2D eigenvalue weighted by Gasteiger charge is 2.25. The van der Waals surface area contributed by atoms with E-state index in [4.69, 9.17) is 20.8 Å². The van der Waals surface area contributed by atoms with Crippen molar-refractivity contribution in [1.29, 1.82) is 0 Å². The van der Waals surface area contributed by atoms with Crippen LogP contribution in [0, 0.1) is 5.82 Å². The lowest BCUT2D eigenvalue weighted by molar-refractivity contribution is 0.0479. The Kier molecular flexibility index (Phi) is 8.63. The number of carbonyl (C=O) groups excluding carboxylic acids is 2. The first-order valence-electron chi connectivity index (χ1n) is 10.3. The average molecular weight is 495 g/mol. The molecule has 0 bridgehead atoms. The van der Waals surface area contributed by atoms with Gasteiger partial charge in [0.15, 0.2) is 5.58 Å². The first-order chi connectivity index (χ1) is 16.3. The van der Waals surface area contributed by atoms with Crippen LogP contribution >= 0.6 is 11.6 Å². The molecule has 3 aromatic rings. The molecule has 0 aliphatic rings. The Morgan fingerprint density at radius 1 is 1.26 bits per heavy atom. The van der Waals surface area contributed by atoms with Gasteiger partial charge in [-0.05, 0) is 30.2 Å². The SMILES string of the molecule is CN(C(=O)NCc1cccc(F)c1Cl)[C@H](COC(=O)Nc1nc2ccccc2o1)C[C@@H](O)CO. The molecule has 0 aliphatic carbocycles. The number of urea groups is 1. The van der Waals surface area contributed by atoms with Gasteiger partial charge in [0.25, 0.3) is 0 Å². The van der Waals surface area contributed by atoms with Crippen LogP contribution in [0.15, 0.2) is 46.9 Å². The Morgan fingerprint density at radius 2 is 2.03 bits per heavy atom. The molecule has 1 heterocycles. The molecule has 0 aliphatic heterocycles. The minimum absolute atomic E-state index is 0.0475. The van der Waals surface area contributed by atoms with Gasteiger partial charge in [0, 0.05) is 13.6 Å². The van der Waals surface area contributed by atoms with Crippen molar-refractivity contribution in [3.8, 4) is 0 Å². The number of benzene rings is 2. The number of hydrogen-bond donors (Lipinski definition) is 4. The largest absolute Gasteiger partial charge is 0.447 e. The van der Waals surface area contributed by atoms with E-state index in [1.54, 1.807) is 30.3 Å². The molecule has 0 radical (unpaired) electrons. The summed E-state index contributed by atoms with van der Waals surface area (Å²) < 4.78 is 24.2. The molecule has 2 atom stereocenters. The van der Waals surface area contributed by atoms with E-state index in [1.165, 1.54) is 24.1 Å². The van der Waals surface area contributed by atoms with Crippen LogP contribution in [0.2, 0.25) is 5.02 Å². The van der Waals surface area contributed by atoms with E-state index in [1.807, 2.05) is 0 Å². The zero-order valence-electron chi connectivity index (χ0n) is 18.2. The summed E-state index contributed by atoms with van der Waals surface area (Å²) in [6, 6.07) is 9.74. The Hall–Kier alpha value is -3.41. The van der Waals surface area contributed by atoms with Gasteiger partial charge in [-0.1, -0.05) is 35.9 Å². The molecule has 1 aromatic heterocycles. The maximum Gasteiger partial charge on any atom is 0.415 e. The van der Waals surface area contributed by atoms with Gasteiger partial charge in [-0.15, -0.1) is 0 Å². The first kappa shape index (κ1) is 25.2. The number of aromatic nitrogens is 1. The van der Waals surface area contributed by atoms with E-state index < -0.39 is 36.7 Å². The van der Waals surface area contributed by atoms with Gasteiger partial charge in [-0.2, -0.15) is 4.98 Å². The summed E-state index contributed by atoms with van der Waals surface area (Å²) in [5.74, 6) is -0.607. The lowest BCUT2D eigenvalue weighted by Gasteiger charge is -2.29. The number of amides is 3. The second-order valence-electron chi connectivity index (χ2n) is 7.42. The van der Waals surface area contributed by atoms with Crippen LogP contribution in [0.3, 0.4) is 0 Å². The van der Waals surface area contributed by atoms with E-state index in [-0.39, 0.29) is 30.6 Å². The second-order valence-corrected chi connectivity index (χ2v) is 7.80. The third kappa shape index (κ3) is 6.56.